The summed E-state index contributed by atoms with van der Waals surface area (Å²) in [6, 6.07) is 10.6. The molecular formula is C15H11N3O3. The first-order chi connectivity index (χ1) is 9.99. The summed E-state index contributed by atoms with van der Waals surface area (Å²) in [6.45, 7) is 0. The Balaban J connectivity index is 2.10. The van der Waals surface area contributed by atoms with Crippen LogP contribution in [0.3, 0.4) is 0 Å². The molecule has 0 radical (unpaired) electrons. The summed E-state index contributed by atoms with van der Waals surface area (Å²) in [5, 5.41) is 0. The van der Waals surface area contributed by atoms with Gasteiger partial charge in [-0.1, -0.05) is 6.07 Å². The second-order valence-electron chi connectivity index (χ2n) is 4.67. The van der Waals surface area contributed by atoms with Gasteiger partial charge in [0.25, 0.3) is 11.8 Å². The van der Waals surface area contributed by atoms with E-state index in [-0.39, 0.29) is 11.1 Å². The highest BCUT2D eigenvalue weighted by Gasteiger charge is 2.36. The first-order valence-corrected chi connectivity index (χ1v) is 6.17. The molecule has 0 fully saturated rings. The predicted octanol–water partition coefficient (Wildman–Crippen LogP) is 1.17. The topological polar surface area (TPSA) is 106 Å². The zero-order valence-electron chi connectivity index (χ0n) is 10.9. The van der Waals surface area contributed by atoms with Gasteiger partial charge in [-0.2, -0.15) is 0 Å². The first-order valence-electron chi connectivity index (χ1n) is 6.17. The van der Waals surface area contributed by atoms with Crippen LogP contribution < -0.4 is 16.4 Å². The molecule has 6 nitrogen and oxygen atoms in total. The summed E-state index contributed by atoms with van der Waals surface area (Å²) in [5.41, 5.74) is 12.3. The molecule has 3 amide bonds. The molecule has 0 saturated heterocycles. The quantitative estimate of drug-likeness (QED) is 0.636. The van der Waals surface area contributed by atoms with Crippen molar-refractivity contribution in [1.82, 2.24) is 0 Å². The van der Waals surface area contributed by atoms with E-state index >= 15 is 0 Å². The van der Waals surface area contributed by atoms with E-state index in [9.17, 15) is 14.4 Å². The molecule has 104 valence electrons. The van der Waals surface area contributed by atoms with Gasteiger partial charge in [-0.25, -0.2) is 4.90 Å². The average Bonchev–Trinajstić information content (AvgIpc) is 2.70. The molecule has 2 aromatic carbocycles. The summed E-state index contributed by atoms with van der Waals surface area (Å²) in [5.74, 6) is -1.54. The van der Waals surface area contributed by atoms with E-state index in [1.54, 1.807) is 18.2 Å². The van der Waals surface area contributed by atoms with Crippen LogP contribution in [0.4, 0.5) is 11.4 Å². The molecule has 0 saturated carbocycles. The lowest BCUT2D eigenvalue weighted by atomic mass is 10.1. The van der Waals surface area contributed by atoms with E-state index < -0.39 is 17.7 Å². The van der Waals surface area contributed by atoms with Crippen molar-refractivity contribution in [2.45, 2.75) is 0 Å². The minimum absolute atomic E-state index is 0.226. The molecule has 0 bridgehead atoms. The zero-order valence-corrected chi connectivity index (χ0v) is 10.9. The van der Waals surface area contributed by atoms with Crippen LogP contribution in [-0.4, -0.2) is 17.7 Å². The Morgan fingerprint density at radius 1 is 0.952 bits per heavy atom. The number of nitrogen functional groups attached to an aromatic ring is 1. The van der Waals surface area contributed by atoms with E-state index in [4.69, 9.17) is 11.5 Å². The third kappa shape index (κ3) is 1.93. The molecule has 0 atom stereocenters. The maximum Gasteiger partial charge on any atom is 0.266 e. The molecule has 0 aliphatic carbocycles. The van der Waals surface area contributed by atoms with Crippen LogP contribution in [0.5, 0.6) is 0 Å². The number of rotatable bonds is 2. The van der Waals surface area contributed by atoms with Gasteiger partial charge in [-0.3, -0.25) is 14.4 Å². The lowest BCUT2D eigenvalue weighted by Gasteiger charge is -2.14. The third-order valence-electron chi connectivity index (χ3n) is 3.30. The van der Waals surface area contributed by atoms with Crippen molar-refractivity contribution < 1.29 is 14.4 Å². The van der Waals surface area contributed by atoms with Gasteiger partial charge >= 0.3 is 0 Å². The first kappa shape index (κ1) is 12.9. The molecule has 1 aliphatic heterocycles. The molecule has 6 heteroatoms. The van der Waals surface area contributed by atoms with Crippen molar-refractivity contribution >= 4 is 29.1 Å². The number of fused-ring (bicyclic) bond motifs is 1. The van der Waals surface area contributed by atoms with Crippen molar-refractivity contribution in [3.05, 3.63) is 59.2 Å². The Morgan fingerprint density at radius 2 is 1.67 bits per heavy atom. The highest BCUT2D eigenvalue weighted by Crippen LogP contribution is 2.29. The second-order valence-corrected chi connectivity index (χ2v) is 4.67. The van der Waals surface area contributed by atoms with Crippen molar-refractivity contribution in [3.63, 3.8) is 0 Å². The second kappa shape index (κ2) is 4.45. The summed E-state index contributed by atoms with van der Waals surface area (Å²) in [7, 11) is 0. The SMILES string of the molecule is NC(=O)c1cccc(N2C(=O)c3ccc(N)cc3C2=O)c1. The summed E-state index contributed by atoms with van der Waals surface area (Å²) >= 11 is 0. The Hall–Kier alpha value is -3.15. The van der Waals surface area contributed by atoms with E-state index in [2.05, 4.69) is 0 Å². The molecule has 0 unspecified atom stereocenters. The van der Waals surface area contributed by atoms with Gasteiger partial charge in [0.2, 0.25) is 5.91 Å². The predicted molar refractivity (Wildman–Crippen MR) is 77.0 cm³/mol. The number of benzene rings is 2. The smallest absolute Gasteiger partial charge is 0.266 e. The molecule has 1 aliphatic rings. The molecular weight excluding hydrogens is 270 g/mol. The van der Waals surface area contributed by atoms with Crippen molar-refractivity contribution in [2.24, 2.45) is 5.73 Å². The number of hydrogen-bond acceptors (Lipinski definition) is 4. The summed E-state index contributed by atoms with van der Waals surface area (Å²) in [6.07, 6.45) is 0. The van der Waals surface area contributed by atoms with Crippen LogP contribution in [0.25, 0.3) is 0 Å². The maximum atomic E-state index is 12.4. The molecule has 0 aromatic heterocycles. The monoisotopic (exact) mass is 281 g/mol. The Kier molecular flexibility index (Phi) is 2.72. The van der Waals surface area contributed by atoms with Gasteiger partial charge in [0, 0.05) is 11.3 Å². The fourth-order valence-electron chi connectivity index (χ4n) is 2.29. The van der Waals surface area contributed by atoms with E-state index in [1.165, 1.54) is 24.3 Å². The Bertz CT molecular complexity index is 799. The molecule has 3 rings (SSSR count). The standard InChI is InChI=1S/C15H11N3O3/c16-9-4-5-11-12(7-9)15(21)18(14(11)20)10-3-1-2-8(6-10)13(17)19/h1-7H,16H2,(H2,17,19). The largest absolute Gasteiger partial charge is 0.399 e. The summed E-state index contributed by atoms with van der Waals surface area (Å²) < 4.78 is 0. The van der Waals surface area contributed by atoms with Gasteiger partial charge in [0.1, 0.15) is 0 Å². The van der Waals surface area contributed by atoms with Crippen LogP contribution in [-0.2, 0) is 0 Å². The third-order valence-corrected chi connectivity index (χ3v) is 3.30. The lowest BCUT2D eigenvalue weighted by molar-refractivity contribution is 0.0923. The highest BCUT2D eigenvalue weighted by molar-refractivity contribution is 6.34. The highest BCUT2D eigenvalue weighted by atomic mass is 16.2. The van der Waals surface area contributed by atoms with E-state index in [1.807, 2.05) is 0 Å². The van der Waals surface area contributed by atoms with Crippen LogP contribution in [0.1, 0.15) is 31.1 Å². The number of nitrogens with zero attached hydrogens (tertiary/aromatic N) is 1. The van der Waals surface area contributed by atoms with Crippen LogP contribution in [0.2, 0.25) is 0 Å². The van der Waals surface area contributed by atoms with Gasteiger partial charge in [-0.05, 0) is 36.4 Å². The number of carbonyl (C=O) groups excluding carboxylic acids is 3. The van der Waals surface area contributed by atoms with Crippen molar-refractivity contribution in [3.8, 4) is 0 Å². The van der Waals surface area contributed by atoms with Crippen LogP contribution in [0, 0.1) is 0 Å². The molecule has 1 heterocycles. The van der Waals surface area contributed by atoms with Crippen LogP contribution in [0.15, 0.2) is 42.5 Å². The lowest BCUT2D eigenvalue weighted by Crippen LogP contribution is -2.29. The average molecular weight is 281 g/mol. The van der Waals surface area contributed by atoms with E-state index in [0.717, 1.165) is 4.90 Å². The minimum Gasteiger partial charge on any atom is -0.399 e. The van der Waals surface area contributed by atoms with Gasteiger partial charge < -0.3 is 11.5 Å². The molecule has 21 heavy (non-hydrogen) atoms. The normalized spacial score (nSPS) is 13.4. The number of hydrogen-bond donors (Lipinski definition) is 2. The van der Waals surface area contributed by atoms with Gasteiger partial charge in [0.15, 0.2) is 0 Å². The number of imide groups is 1. The Labute approximate surface area is 120 Å². The number of amides is 3. The van der Waals surface area contributed by atoms with Crippen molar-refractivity contribution in [2.75, 3.05) is 10.6 Å². The van der Waals surface area contributed by atoms with E-state index in [0.29, 0.717) is 16.9 Å². The van der Waals surface area contributed by atoms with Gasteiger partial charge in [-0.15, -0.1) is 0 Å². The zero-order chi connectivity index (χ0) is 15.1. The maximum absolute atomic E-state index is 12.4. The van der Waals surface area contributed by atoms with Crippen molar-refractivity contribution in [1.29, 1.82) is 0 Å². The number of primary amides is 1. The number of anilines is 2. The molecule has 4 N–H and O–H groups in total. The molecule has 2 aromatic rings. The number of nitrogens with two attached hydrogens (primary N) is 2. The molecule has 0 spiro atoms. The fraction of sp³-hybridized carbons (Fsp3) is 0. The fourth-order valence-corrected chi connectivity index (χ4v) is 2.29. The number of carbonyl (C=O) groups is 3. The van der Waals surface area contributed by atoms with Crippen LogP contribution >= 0.6 is 0 Å². The summed E-state index contributed by atoms with van der Waals surface area (Å²) in [4.78, 5) is 36.9. The van der Waals surface area contributed by atoms with Gasteiger partial charge in [0.05, 0.1) is 16.8 Å². The minimum atomic E-state index is -0.627. The Morgan fingerprint density at radius 3 is 2.38 bits per heavy atom.